The average molecular weight is 571 g/mol. The molecule has 6 nitrogen and oxygen atoms in total. The van der Waals surface area contributed by atoms with Gasteiger partial charge in [0.2, 0.25) is 0 Å². The molecule has 0 atom stereocenters. The van der Waals surface area contributed by atoms with Crippen LogP contribution in [0, 0.1) is 0 Å². The van der Waals surface area contributed by atoms with Crippen molar-refractivity contribution in [1.82, 2.24) is 5.43 Å². The van der Waals surface area contributed by atoms with E-state index in [1.165, 1.54) is 5.56 Å². The van der Waals surface area contributed by atoms with Gasteiger partial charge in [-0.15, -0.1) is 0 Å². The van der Waals surface area contributed by atoms with Gasteiger partial charge in [0.25, 0.3) is 0 Å². The van der Waals surface area contributed by atoms with Gasteiger partial charge in [-0.05, 0) is 88.0 Å². The van der Waals surface area contributed by atoms with E-state index in [1.807, 2.05) is 61.5 Å². The maximum absolute atomic E-state index is 6.00. The summed E-state index contributed by atoms with van der Waals surface area (Å²) < 4.78 is 18.4. The van der Waals surface area contributed by atoms with Gasteiger partial charge in [0.05, 0.1) is 17.3 Å². The lowest BCUT2D eigenvalue weighted by atomic mass is 9.87. The summed E-state index contributed by atoms with van der Waals surface area (Å²) in [5.74, 6) is 2.05. The van der Waals surface area contributed by atoms with Gasteiger partial charge in [-0.2, -0.15) is 5.10 Å². The normalized spacial score (nSPS) is 11.2. The molecule has 3 rings (SSSR count). The third kappa shape index (κ3) is 8.53. The van der Waals surface area contributed by atoms with Crippen molar-refractivity contribution in [3.8, 4) is 17.2 Å². The molecular formula is C28H32BrN3O3S. The van der Waals surface area contributed by atoms with E-state index in [0.717, 1.165) is 21.5 Å². The fourth-order valence-electron chi connectivity index (χ4n) is 3.27. The molecule has 0 heterocycles. The summed E-state index contributed by atoms with van der Waals surface area (Å²) in [6, 6.07) is 21.6. The molecule has 0 fully saturated rings. The molecule has 0 spiro atoms. The number of thiocarbonyl (C=S) groups is 1. The van der Waals surface area contributed by atoms with Crippen molar-refractivity contribution in [2.45, 2.75) is 33.1 Å². The molecule has 0 aliphatic rings. The molecule has 8 heteroatoms. The second-order valence-electron chi connectivity index (χ2n) is 8.92. The van der Waals surface area contributed by atoms with E-state index in [1.54, 1.807) is 6.21 Å². The van der Waals surface area contributed by atoms with Crippen molar-refractivity contribution in [1.29, 1.82) is 0 Å². The number of nitrogens with zero attached hydrogens (tertiary/aromatic N) is 1. The number of benzene rings is 3. The van der Waals surface area contributed by atoms with E-state index in [2.05, 4.69) is 64.7 Å². The van der Waals surface area contributed by atoms with Crippen LogP contribution in [0.3, 0.4) is 0 Å². The molecule has 0 saturated carbocycles. The zero-order valence-electron chi connectivity index (χ0n) is 21.0. The van der Waals surface area contributed by atoms with Crippen LogP contribution in [-0.4, -0.2) is 31.1 Å². The molecule has 3 aromatic rings. The van der Waals surface area contributed by atoms with E-state index in [4.69, 9.17) is 26.4 Å². The molecule has 0 aliphatic carbocycles. The third-order valence-electron chi connectivity index (χ3n) is 5.06. The smallest absolute Gasteiger partial charge is 0.191 e. The fraction of sp³-hybridized carbons (Fsp3) is 0.286. The third-order valence-corrected chi connectivity index (χ3v) is 5.84. The number of anilines is 1. The largest absolute Gasteiger partial charge is 0.490 e. The van der Waals surface area contributed by atoms with E-state index >= 15 is 0 Å². The summed E-state index contributed by atoms with van der Waals surface area (Å²) in [7, 11) is 0. The van der Waals surface area contributed by atoms with Crippen LogP contribution < -0.4 is 25.0 Å². The number of ether oxygens (including phenoxy) is 3. The molecule has 0 unspecified atom stereocenters. The number of para-hydroxylation sites is 1. The molecule has 0 amide bonds. The van der Waals surface area contributed by atoms with Gasteiger partial charge >= 0.3 is 0 Å². The Balaban J connectivity index is 1.55. The lowest BCUT2D eigenvalue weighted by molar-refractivity contribution is 0.207. The number of rotatable bonds is 10. The molecule has 36 heavy (non-hydrogen) atoms. The summed E-state index contributed by atoms with van der Waals surface area (Å²) in [5, 5.41) is 7.69. The van der Waals surface area contributed by atoms with Gasteiger partial charge in [-0.25, -0.2) is 0 Å². The van der Waals surface area contributed by atoms with Crippen molar-refractivity contribution in [3.63, 3.8) is 0 Å². The first-order valence-electron chi connectivity index (χ1n) is 11.7. The first-order chi connectivity index (χ1) is 17.3. The zero-order chi connectivity index (χ0) is 26.0. The van der Waals surface area contributed by atoms with Gasteiger partial charge < -0.3 is 19.5 Å². The molecule has 0 saturated heterocycles. The summed E-state index contributed by atoms with van der Waals surface area (Å²) in [6.45, 7) is 9.78. The Labute approximate surface area is 227 Å². The Hall–Kier alpha value is -3.10. The van der Waals surface area contributed by atoms with Gasteiger partial charge in [0, 0.05) is 5.69 Å². The number of halogens is 1. The molecule has 2 N–H and O–H groups in total. The maximum Gasteiger partial charge on any atom is 0.191 e. The lowest BCUT2D eigenvalue weighted by Gasteiger charge is -2.19. The molecule has 0 aliphatic heterocycles. The van der Waals surface area contributed by atoms with E-state index in [-0.39, 0.29) is 5.41 Å². The van der Waals surface area contributed by atoms with Crippen molar-refractivity contribution in [2.75, 3.05) is 25.1 Å². The molecule has 0 bridgehead atoms. The second kappa shape index (κ2) is 13.3. The first-order valence-corrected chi connectivity index (χ1v) is 12.9. The summed E-state index contributed by atoms with van der Waals surface area (Å²) in [5.41, 5.74) is 5.91. The highest BCUT2D eigenvalue weighted by molar-refractivity contribution is 9.10. The number of hydrogen-bond donors (Lipinski definition) is 2. The molecule has 190 valence electrons. The Morgan fingerprint density at radius 3 is 2.33 bits per heavy atom. The highest BCUT2D eigenvalue weighted by atomic mass is 79.9. The van der Waals surface area contributed by atoms with Crippen molar-refractivity contribution >= 4 is 45.2 Å². The predicted molar refractivity (Wildman–Crippen MR) is 155 cm³/mol. The van der Waals surface area contributed by atoms with Crippen LogP contribution in [0.4, 0.5) is 5.69 Å². The zero-order valence-corrected chi connectivity index (χ0v) is 23.4. The van der Waals surface area contributed by atoms with Gasteiger partial charge in [0.1, 0.15) is 19.0 Å². The standard InChI is InChI=1S/C28H32BrN3O3S/c1-5-33-25-18-20(19-30-32-27(36)31-22-9-7-6-8-10-22)17-24(29)26(25)35-16-15-34-23-13-11-21(12-14-23)28(2,3)4/h6-14,17-19H,5,15-16H2,1-4H3,(H2,31,32,36)/b30-19+. The van der Waals surface area contributed by atoms with Crippen molar-refractivity contribution in [3.05, 3.63) is 82.3 Å². The topological polar surface area (TPSA) is 64.1 Å². The summed E-state index contributed by atoms with van der Waals surface area (Å²) >= 11 is 8.87. The number of hydrogen-bond acceptors (Lipinski definition) is 5. The average Bonchev–Trinajstić information content (AvgIpc) is 2.83. The predicted octanol–water partition coefficient (Wildman–Crippen LogP) is 6.92. The summed E-state index contributed by atoms with van der Waals surface area (Å²) in [4.78, 5) is 0. The summed E-state index contributed by atoms with van der Waals surface area (Å²) in [6.07, 6.45) is 1.67. The van der Waals surface area contributed by atoms with E-state index < -0.39 is 0 Å². The highest BCUT2D eigenvalue weighted by Gasteiger charge is 2.14. The van der Waals surface area contributed by atoms with Crippen LogP contribution >= 0.6 is 28.1 Å². The van der Waals surface area contributed by atoms with Gasteiger partial charge in [-0.3, -0.25) is 5.43 Å². The quantitative estimate of drug-likeness (QED) is 0.119. The van der Waals surface area contributed by atoms with E-state index in [9.17, 15) is 0 Å². The lowest BCUT2D eigenvalue weighted by Crippen LogP contribution is -2.23. The van der Waals surface area contributed by atoms with Crippen molar-refractivity contribution in [2.24, 2.45) is 5.10 Å². The SMILES string of the molecule is CCOc1cc(/C=N/NC(=S)Nc2ccccc2)cc(Br)c1OCCOc1ccc(C(C)(C)C)cc1. The minimum Gasteiger partial charge on any atom is -0.490 e. The molecule has 0 aromatic heterocycles. The van der Waals surface area contributed by atoms with Gasteiger partial charge in [-0.1, -0.05) is 51.1 Å². The number of hydrazone groups is 1. The molecule has 0 radical (unpaired) electrons. The second-order valence-corrected chi connectivity index (χ2v) is 10.2. The van der Waals surface area contributed by atoms with Crippen LogP contribution in [0.5, 0.6) is 17.2 Å². The first kappa shape index (κ1) is 27.5. The Kier molecular flexibility index (Phi) is 10.1. The fourth-order valence-corrected chi connectivity index (χ4v) is 4.01. The van der Waals surface area contributed by atoms with E-state index in [0.29, 0.717) is 36.4 Å². The Morgan fingerprint density at radius 1 is 0.972 bits per heavy atom. The minimum atomic E-state index is 0.113. The minimum absolute atomic E-state index is 0.113. The van der Waals surface area contributed by atoms with Gasteiger partial charge in [0.15, 0.2) is 16.6 Å². The highest BCUT2D eigenvalue weighted by Crippen LogP contribution is 2.36. The van der Waals surface area contributed by atoms with Crippen LogP contribution in [-0.2, 0) is 5.41 Å². The van der Waals surface area contributed by atoms with Crippen LogP contribution in [0.25, 0.3) is 0 Å². The maximum atomic E-state index is 6.00. The Bertz CT molecular complexity index is 1160. The Morgan fingerprint density at radius 2 is 1.67 bits per heavy atom. The van der Waals surface area contributed by atoms with Crippen molar-refractivity contribution < 1.29 is 14.2 Å². The molecular weight excluding hydrogens is 538 g/mol. The molecule has 3 aromatic carbocycles. The number of nitrogens with one attached hydrogen (secondary N) is 2. The van der Waals surface area contributed by atoms with Crippen LogP contribution in [0.15, 0.2) is 76.3 Å². The van der Waals surface area contributed by atoms with Crippen LogP contribution in [0.2, 0.25) is 0 Å². The monoisotopic (exact) mass is 569 g/mol. The van der Waals surface area contributed by atoms with Crippen LogP contribution in [0.1, 0.15) is 38.8 Å².